The molecule has 0 amide bonds. The molecule has 0 bridgehead atoms. The molecule has 2 aromatic rings. The number of hydrogen-bond acceptors (Lipinski definition) is 5. The zero-order valence-corrected chi connectivity index (χ0v) is 13.3. The fraction of sp³-hybridized carbons (Fsp3) is 0.200. The molecule has 2 aromatic carbocycles. The molecule has 0 saturated carbocycles. The summed E-state index contributed by atoms with van der Waals surface area (Å²) in [6.07, 6.45) is 0. The normalized spacial score (nSPS) is 11.0. The Kier molecular flexibility index (Phi) is 4.46. The van der Waals surface area contributed by atoms with E-state index in [9.17, 15) is 13.5 Å². The highest BCUT2D eigenvalue weighted by molar-refractivity contribution is 7.92. The van der Waals surface area contributed by atoms with E-state index in [-0.39, 0.29) is 16.3 Å². The molecule has 0 spiro atoms. The van der Waals surface area contributed by atoms with Gasteiger partial charge in [-0.2, -0.15) is 0 Å². The molecular formula is C15H17NO5S. The molecule has 0 fully saturated rings. The van der Waals surface area contributed by atoms with E-state index in [0.717, 1.165) is 0 Å². The van der Waals surface area contributed by atoms with E-state index in [0.29, 0.717) is 17.1 Å². The number of aromatic hydroxyl groups is 1. The Morgan fingerprint density at radius 3 is 2.27 bits per heavy atom. The molecule has 0 aromatic heterocycles. The Hall–Kier alpha value is -2.41. The molecule has 0 heterocycles. The monoisotopic (exact) mass is 323 g/mol. The molecule has 22 heavy (non-hydrogen) atoms. The van der Waals surface area contributed by atoms with Crippen LogP contribution in [0.25, 0.3) is 0 Å². The van der Waals surface area contributed by atoms with Crippen molar-refractivity contribution in [1.82, 2.24) is 0 Å². The van der Waals surface area contributed by atoms with Gasteiger partial charge >= 0.3 is 0 Å². The molecule has 0 atom stereocenters. The van der Waals surface area contributed by atoms with Crippen LogP contribution in [-0.4, -0.2) is 27.7 Å². The topological polar surface area (TPSA) is 84.9 Å². The van der Waals surface area contributed by atoms with Crippen molar-refractivity contribution in [3.63, 3.8) is 0 Å². The van der Waals surface area contributed by atoms with Gasteiger partial charge in [0.05, 0.1) is 24.8 Å². The van der Waals surface area contributed by atoms with Gasteiger partial charge in [-0.05, 0) is 30.7 Å². The highest BCUT2D eigenvalue weighted by Gasteiger charge is 2.17. The predicted octanol–water partition coefficient (Wildman–Crippen LogP) is 2.52. The van der Waals surface area contributed by atoms with Gasteiger partial charge in [0.1, 0.15) is 5.75 Å². The van der Waals surface area contributed by atoms with E-state index >= 15 is 0 Å². The Labute approximate surface area is 129 Å². The number of phenols is 1. The number of hydrogen-bond donors (Lipinski definition) is 2. The lowest BCUT2D eigenvalue weighted by molar-refractivity contribution is 0.354. The van der Waals surface area contributed by atoms with E-state index in [2.05, 4.69) is 4.72 Å². The van der Waals surface area contributed by atoms with Gasteiger partial charge in [-0.25, -0.2) is 8.42 Å². The maximum absolute atomic E-state index is 12.4. The van der Waals surface area contributed by atoms with Gasteiger partial charge in [0, 0.05) is 12.1 Å². The van der Waals surface area contributed by atoms with Gasteiger partial charge in [-0.15, -0.1) is 0 Å². The maximum atomic E-state index is 12.4. The number of benzene rings is 2. The van der Waals surface area contributed by atoms with Gasteiger partial charge < -0.3 is 14.6 Å². The lowest BCUT2D eigenvalue weighted by Crippen LogP contribution is -2.13. The molecule has 0 aliphatic rings. The van der Waals surface area contributed by atoms with Crippen molar-refractivity contribution in [2.75, 3.05) is 18.9 Å². The molecule has 7 heteroatoms. The summed E-state index contributed by atoms with van der Waals surface area (Å²) in [5, 5.41) is 9.65. The zero-order valence-electron chi connectivity index (χ0n) is 12.5. The highest BCUT2D eigenvalue weighted by atomic mass is 32.2. The van der Waals surface area contributed by atoms with Crippen molar-refractivity contribution in [2.24, 2.45) is 0 Å². The molecule has 0 unspecified atom stereocenters. The summed E-state index contributed by atoms with van der Waals surface area (Å²) in [7, 11) is -0.895. The summed E-state index contributed by atoms with van der Waals surface area (Å²) in [6.45, 7) is 1.72. The van der Waals surface area contributed by atoms with Crippen molar-refractivity contribution in [2.45, 2.75) is 11.8 Å². The summed E-state index contributed by atoms with van der Waals surface area (Å²) in [5.41, 5.74) is 0.937. The fourth-order valence-electron chi connectivity index (χ4n) is 1.87. The summed E-state index contributed by atoms with van der Waals surface area (Å²) >= 11 is 0. The first-order chi connectivity index (χ1) is 10.4. The summed E-state index contributed by atoms with van der Waals surface area (Å²) < 4.78 is 37.3. The molecular weight excluding hydrogens is 306 g/mol. The third kappa shape index (κ3) is 3.25. The van der Waals surface area contributed by atoms with Crippen LogP contribution in [0.1, 0.15) is 5.56 Å². The molecule has 0 radical (unpaired) electrons. The minimum absolute atomic E-state index is 0.0208. The van der Waals surface area contributed by atoms with Gasteiger partial charge in [-0.3, -0.25) is 4.72 Å². The van der Waals surface area contributed by atoms with E-state index in [4.69, 9.17) is 9.47 Å². The highest BCUT2D eigenvalue weighted by Crippen LogP contribution is 2.30. The van der Waals surface area contributed by atoms with Crippen LogP contribution < -0.4 is 14.2 Å². The number of ether oxygens (including phenoxy) is 2. The van der Waals surface area contributed by atoms with Gasteiger partial charge in [-0.1, -0.05) is 6.07 Å². The van der Waals surface area contributed by atoms with Gasteiger partial charge in [0.25, 0.3) is 10.0 Å². The third-order valence-corrected chi connectivity index (χ3v) is 4.51. The zero-order chi connectivity index (χ0) is 16.3. The predicted molar refractivity (Wildman–Crippen MR) is 83.2 cm³/mol. The lowest BCUT2D eigenvalue weighted by Gasteiger charge is -2.12. The molecule has 6 nitrogen and oxygen atoms in total. The number of aryl methyl sites for hydroxylation is 1. The number of anilines is 1. The summed E-state index contributed by atoms with van der Waals surface area (Å²) in [4.78, 5) is 0.0326. The molecule has 0 aliphatic carbocycles. The van der Waals surface area contributed by atoms with Crippen LogP contribution in [0.5, 0.6) is 17.2 Å². The molecule has 0 saturated heterocycles. The standard InChI is InChI=1S/C15H17NO5S/c1-10-4-5-11(8-13(10)17)16-22(18,19)12-6-7-14(20-2)15(9-12)21-3/h4-9,16-17H,1-3H3. The van der Waals surface area contributed by atoms with Crippen LogP contribution in [0.4, 0.5) is 5.69 Å². The maximum Gasteiger partial charge on any atom is 0.262 e. The summed E-state index contributed by atoms with van der Waals surface area (Å²) in [6, 6.07) is 8.86. The van der Waals surface area contributed by atoms with Crippen molar-refractivity contribution < 1.29 is 23.0 Å². The number of rotatable bonds is 5. The van der Waals surface area contributed by atoms with E-state index in [1.807, 2.05) is 0 Å². The average Bonchev–Trinajstić information content (AvgIpc) is 2.50. The summed E-state index contributed by atoms with van der Waals surface area (Å²) in [5.74, 6) is 0.777. The Morgan fingerprint density at radius 1 is 1.00 bits per heavy atom. The molecule has 118 valence electrons. The van der Waals surface area contributed by atoms with Gasteiger partial charge in [0.2, 0.25) is 0 Å². The number of methoxy groups -OCH3 is 2. The Bertz CT molecular complexity index is 787. The Morgan fingerprint density at radius 2 is 1.68 bits per heavy atom. The quantitative estimate of drug-likeness (QED) is 0.883. The van der Waals surface area contributed by atoms with Crippen LogP contribution in [0.2, 0.25) is 0 Å². The third-order valence-electron chi connectivity index (χ3n) is 3.13. The van der Waals surface area contributed by atoms with Gasteiger partial charge in [0.15, 0.2) is 11.5 Å². The average molecular weight is 323 g/mol. The molecule has 2 N–H and O–H groups in total. The van der Waals surface area contributed by atoms with E-state index in [1.54, 1.807) is 19.1 Å². The second-order valence-corrected chi connectivity index (χ2v) is 6.31. The number of sulfonamides is 1. The molecule has 0 aliphatic heterocycles. The van der Waals surface area contributed by atoms with Crippen LogP contribution in [-0.2, 0) is 10.0 Å². The largest absolute Gasteiger partial charge is 0.508 e. The van der Waals surface area contributed by atoms with Crippen molar-refractivity contribution >= 4 is 15.7 Å². The van der Waals surface area contributed by atoms with E-state index in [1.165, 1.54) is 38.5 Å². The number of nitrogens with one attached hydrogen (secondary N) is 1. The number of phenolic OH excluding ortho intramolecular Hbond substituents is 1. The molecule has 2 rings (SSSR count). The van der Waals surface area contributed by atoms with Crippen LogP contribution in [0.3, 0.4) is 0 Å². The minimum atomic E-state index is -3.80. The minimum Gasteiger partial charge on any atom is -0.508 e. The van der Waals surface area contributed by atoms with Crippen molar-refractivity contribution in [3.8, 4) is 17.2 Å². The second-order valence-electron chi connectivity index (χ2n) is 4.62. The first-order valence-corrected chi connectivity index (χ1v) is 7.90. The first-order valence-electron chi connectivity index (χ1n) is 6.42. The van der Waals surface area contributed by atoms with Crippen LogP contribution >= 0.6 is 0 Å². The van der Waals surface area contributed by atoms with Crippen LogP contribution in [0.15, 0.2) is 41.3 Å². The second kappa shape index (κ2) is 6.15. The smallest absolute Gasteiger partial charge is 0.262 e. The van der Waals surface area contributed by atoms with Crippen molar-refractivity contribution in [3.05, 3.63) is 42.0 Å². The van der Waals surface area contributed by atoms with Crippen molar-refractivity contribution in [1.29, 1.82) is 0 Å². The SMILES string of the molecule is COc1ccc(S(=O)(=O)Nc2ccc(C)c(O)c2)cc1OC. The Balaban J connectivity index is 2.35. The first kappa shape index (κ1) is 16.0. The van der Waals surface area contributed by atoms with Crippen LogP contribution in [0, 0.1) is 6.92 Å². The fourth-order valence-corrected chi connectivity index (χ4v) is 2.94. The van der Waals surface area contributed by atoms with E-state index < -0.39 is 10.0 Å². The lowest BCUT2D eigenvalue weighted by atomic mass is 10.2.